The summed E-state index contributed by atoms with van der Waals surface area (Å²) in [6, 6.07) is 6.28. The SMILES string of the molecule is CCCN(CCC)CCc1c(C)[nH]c2ccc(OC)cc12. The highest BCUT2D eigenvalue weighted by atomic mass is 16.5. The minimum atomic E-state index is 0.932. The Bertz CT molecular complexity index is 568. The lowest BCUT2D eigenvalue weighted by atomic mass is 10.1. The second-order valence-corrected chi connectivity index (χ2v) is 5.73. The van der Waals surface area contributed by atoms with Gasteiger partial charge in [0.05, 0.1) is 7.11 Å². The molecule has 116 valence electrons. The van der Waals surface area contributed by atoms with Crippen LogP contribution in [0, 0.1) is 6.92 Å². The number of fused-ring (bicyclic) bond motifs is 1. The van der Waals surface area contributed by atoms with Crippen molar-refractivity contribution in [3.8, 4) is 5.75 Å². The van der Waals surface area contributed by atoms with Gasteiger partial charge in [-0.3, -0.25) is 0 Å². The molecule has 1 aromatic carbocycles. The standard InChI is InChI=1S/C18H28N2O/c1-5-10-20(11-6-2)12-9-16-14(3)19-18-8-7-15(21-4)13-17(16)18/h7-8,13,19H,5-6,9-12H2,1-4H3. The van der Waals surface area contributed by atoms with E-state index in [9.17, 15) is 0 Å². The Hall–Kier alpha value is -1.48. The van der Waals surface area contributed by atoms with Gasteiger partial charge in [0.25, 0.3) is 0 Å². The molecule has 21 heavy (non-hydrogen) atoms. The first-order chi connectivity index (χ1) is 10.2. The van der Waals surface area contributed by atoms with Gasteiger partial charge in [0, 0.05) is 23.1 Å². The summed E-state index contributed by atoms with van der Waals surface area (Å²) in [7, 11) is 1.73. The zero-order valence-corrected chi connectivity index (χ0v) is 13.8. The predicted octanol–water partition coefficient (Wildman–Crippen LogP) is 4.15. The van der Waals surface area contributed by atoms with Crippen molar-refractivity contribution >= 4 is 10.9 Å². The van der Waals surface area contributed by atoms with Crippen LogP contribution in [0.5, 0.6) is 5.75 Å². The first-order valence-electron chi connectivity index (χ1n) is 8.07. The zero-order valence-electron chi connectivity index (χ0n) is 13.8. The molecule has 0 aliphatic carbocycles. The molecule has 1 heterocycles. The first-order valence-corrected chi connectivity index (χ1v) is 8.07. The van der Waals surface area contributed by atoms with Crippen molar-refractivity contribution in [3.63, 3.8) is 0 Å². The maximum absolute atomic E-state index is 5.36. The van der Waals surface area contributed by atoms with Gasteiger partial charge < -0.3 is 14.6 Å². The second-order valence-electron chi connectivity index (χ2n) is 5.73. The summed E-state index contributed by atoms with van der Waals surface area (Å²) in [5.41, 5.74) is 3.92. The fraction of sp³-hybridized carbons (Fsp3) is 0.556. The minimum Gasteiger partial charge on any atom is -0.497 e. The van der Waals surface area contributed by atoms with E-state index in [-0.39, 0.29) is 0 Å². The lowest BCUT2D eigenvalue weighted by molar-refractivity contribution is 0.278. The number of nitrogens with one attached hydrogen (secondary N) is 1. The Kier molecular flexibility index (Phi) is 5.68. The molecule has 1 aromatic heterocycles. The molecular formula is C18H28N2O. The molecule has 2 rings (SSSR count). The second kappa shape index (κ2) is 7.51. The molecule has 0 saturated heterocycles. The third kappa shape index (κ3) is 3.79. The number of rotatable bonds is 8. The number of ether oxygens (including phenoxy) is 1. The molecule has 1 N–H and O–H groups in total. The smallest absolute Gasteiger partial charge is 0.119 e. The lowest BCUT2D eigenvalue weighted by Gasteiger charge is -2.20. The highest BCUT2D eigenvalue weighted by molar-refractivity contribution is 5.86. The number of hydrogen-bond acceptors (Lipinski definition) is 2. The Balaban J connectivity index is 2.18. The number of hydrogen-bond donors (Lipinski definition) is 1. The van der Waals surface area contributed by atoms with Gasteiger partial charge in [-0.1, -0.05) is 13.8 Å². The largest absolute Gasteiger partial charge is 0.497 e. The van der Waals surface area contributed by atoms with Crippen LogP contribution in [0.25, 0.3) is 10.9 Å². The van der Waals surface area contributed by atoms with Crippen LogP contribution < -0.4 is 4.74 Å². The quantitative estimate of drug-likeness (QED) is 0.790. The summed E-state index contributed by atoms with van der Waals surface area (Å²) in [6.07, 6.45) is 3.54. The van der Waals surface area contributed by atoms with E-state index in [1.165, 1.54) is 48.1 Å². The Morgan fingerprint density at radius 2 is 1.81 bits per heavy atom. The maximum atomic E-state index is 5.36. The summed E-state index contributed by atoms with van der Waals surface area (Å²) < 4.78 is 5.36. The van der Waals surface area contributed by atoms with Crippen LogP contribution in [-0.4, -0.2) is 36.6 Å². The van der Waals surface area contributed by atoms with Crippen LogP contribution in [0.3, 0.4) is 0 Å². The Morgan fingerprint density at radius 1 is 1.10 bits per heavy atom. The van der Waals surface area contributed by atoms with Gasteiger partial charge in [-0.05, 0) is 63.0 Å². The molecule has 0 aliphatic rings. The summed E-state index contributed by atoms with van der Waals surface area (Å²) in [4.78, 5) is 6.06. The third-order valence-electron chi connectivity index (χ3n) is 4.08. The van der Waals surface area contributed by atoms with Crippen LogP contribution >= 0.6 is 0 Å². The van der Waals surface area contributed by atoms with Gasteiger partial charge >= 0.3 is 0 Å². The molecule has 0 amide bonds. The Morgan fingerprint density at radius 3 is 2.43 bits per heavy atom. The van der Waals surface area contributed by atoms with Gasteiger partial charge in [0.2, 0.25) is 0 Å². The number of aromatic nitrogens is 1. The van der Waals surface area contributed by atoms with E-state index in [4.69, 9.17) is 4.74 Å². The topological polar surface area (TPSA) is 28.3 Å². The monoisotopic (exact) mass is 288 g/mol. The molecule has 3 nitrogen and oxygen atoms in total. The van der Waals surface area contributed by atoms with Crippen LogP contribution in [0.2, 0.25) is 0 Å². The molecular weight excluding hydrogens is 260 g/mol. The van der Waals surface area contributed by atoms with Gasteiger partial charge in [-0.25, -0.2) is 0 Å². The van der Waals surface area contributed by atoms with Gasteiger partial charge in [0.1, 0.15) is 5.75 Å². The van der Waals surface area contributed by atoms with Gasteiger partial charge in [-0.15, -0.1) is 0 Å². The molecule has 0 unspecified atom stereocenters. The van der Waals surface area contributed by atoms with Crippen molar-refractivity contribution in [3.05, 3.63) is 29.5 Å². The number of benzene rings is 1. The number of methoxy groups -OCH3 is 1. The van der Waals surface area contributed by atoms with E-state index in [0.29, 0.717) is 0 Å². The van der Waals surface area contributed by atoms with E-state index in [2.05, 4.69) is 42.8 Å². The average Bonchev–Trinajstić information content (AvgIpc) is 2.79. The van der Waals surface area contributed by atoms with Gasteiger partial charge in [-0.2, -0.15) is 0 Å². The van der Waals surface area contributed by atoms with Crippen LogP contribution in [0.1, 0.15) is 37.9 Å². The summed E-state index contributed by atoms with van der Waals surface area (Å²) in [5.74, 6) is 0.932. The molecule has 3 heteroatoms. The normalized spacial score (nSPS) is 11.5. The molecule has 0 spiro atoms. The van der Waals surface area contributed by atoms with Crippen molar-refractivity contribution in [2.45, 2.75) is 40.0 Å². The molecule has 0 aliphatic heterocycles. The fourth-order valence-corrected chi connectivity index (χ4v) is 3.05. The first kappa shape index (κ1) is 15.9. The summed E-state index contributed by atoms with van der Waals surface area (Å²) in [6.45, 7) is 10.2. The van der Waals surface area contributed by atoms with E-state index in [0.717, 1.165) is 18.7 Å². The van der Waals surface area contributed by atoms with Crippen molar-refractivity contribution in [1.82, 2.24) is 9.88 Å². The van der Waals surface area contributed by atoms with Crippen LogP contribution in [0.4, 0.5) is 0 Å². The highest BCUT2D eigenvalue weighted by Crippen LogP contribution is 2.26. The number of aromatic amines is 1. The van der Waals surface area contributed by atoms with Gasteiger partial charge in [0.15, 0.2) is 0 Å². The minimum absolute atomic E-state index is 0.932. The number of aryl methyl sites for hydroxylation is 1. The van der Waals surface area contributed by atoms with Crippen molar-refractivity contribution < 1.29 is 4.74 Å². The summed E-state index contributed by atoms with van der Waals surface area (Å²) >= 11 is 0. The lowest BCUT2D eigenvalue weighted by Crippen LogP contribution is -2.27. The van der Waals surface area contributed by atoms with Crippen LogP contribution in [-0.2, 0) is 6.42 Å². The van der Waals surface area contributed by atoms with E-state index in [1.807, 2.05) is 6.07 Å². The molecule has 2 aromatic rings. The number of H-pyrrole nitrogens is 1. The summed E-state index contributed by atoms with van der Waals surface area (Å²) in [5, 5.41) is 1.31. The maximum Gasteiger partial charge on any atom is 0.119 e. The third-order valence-corrected chi connectivity index (χ3v) is 4.08. The molecule has 0 atom stereocenters. The molecule has 0 bridgehead atoms. The average molecular weight is 288 g/mol. The van der Waals surface area contributed by atoms with E-state index >= 15 is 0 Å². The highest BCUT2D eigenvalue weighted by Gasteiger charge is 2.11. The molecule has 0 fully saturated rings. The fourth-order valence-electron chi connectivity index (χ4n) is 3.05. The zero-order chi connectivity index (χ0) is 15.2. The van der Waals surface area contributed by atoms with E-state index in [1.54, 1.807) is 7.11 Å². The van der Waals surface area contributed by atoms with Crippen LogP contribution in [0.15, 0.2) is 18.2 Å². The molecule has 0 radical (unpaired) electrons. The Labute approximate surface area is 128 Å². The van der Waals surface area contributed by atoms with Crippen molar-refractivity contribution in [2.24, 2.45) is 0 Å². The molecule has 0 saturated carbocycles. The van der Waals surface area contributed by atoms with Crippen molar-refractivity contribution in [2.75, 3.05) is 26.7 Å². The van der Waals surface area contributed by atoms with E-state index < -0.39 is 0 Å². The van der Waals surface area contributed by atoms with Crippen molar-refractivity contribution in [1.29, 1.82) is 0 Å². The number of nitrogens with zero attached hydrogens (tertiary/aromatic N) is 1. The predicted molar refractivity (Wildman–Crippen MR) is 90.3 cm³/mol.